The van der Waals surface area contributed by atoms with E-state index in [9.17, 15) is 27.6 Å². The monoisotopic (exact) mass is 408 g/mol. The summed E-state index contributed by atoms with van der Waals surface area (Å²) in [7, 11) is 0. The lowest BCUT2D eigenvalue weighted by molar-refractivity contribution is -0.147. The number of amides is 2. The summed E-state index contributed by atoms with van der Waals surface area (Å²) in [6, 6.07) is 12.5. The normalized spacial score (nSPS) is 12.0. The van der Waals surface area contributed by atoms with Crippen LogP contribution < -0.4 is 10.6 Å². The molecule has 0 aliphatic rings. The van der Waals surface area contributed by atoms with Crippen molar-refractivity contribution in [2.75, 3.05) is 13.2 Å². The van der Waals surface area contributed by atoms with Crippen LogP contribution in [0.5, 0.6) is 0 Å². The van der Waals surface area contributed by atoms with Crippen LogP contribution in [-0.2, 0) is 20.5 Å². The number of halogens is 3. The highest BCUT2D eigenvalue weighted by Crippen LogP contribution is 2.29. The van der Waals surface area contributed by atoms with Gasteiger partial charge in [-0.15, -0.1) is 0 Å². The lowest BCUT2D eigenvalue weighted by Gasteiger charge is -2.14. The molecule has 2 N–H and O–H groups in total. The van der Waals surface area contributed by atoms with Gasteiger partial charge in [-0.2, -0.15) is 13.2 Å². The van der Waals surface area contributed by atoms with Gasteiger partial charge in [-0.3, -0.25) is 14.4 Å². The highest BCUT2D eigenvalue weighted by atomic mass is 19.4. The summed E-state index contributed by atoms with van der Waals surface area (Å²) in [5.41, 5.74) is -0.0413. The fourth-order valence-electron chi connectivity index (χ4n) is 2.37. The topological polar surface area (TPSA) is 84.5 Å². The third-order valence-corrected chi connectivity index (χ3v) is 3.91. The molecule has 0 bridgehead atoms. The molecule has 2 aromatic carbocycles. The first-order valence-electron chi connectivity index (χ1n) is 8.62. The van der Waals surface area contributed by atoms with Crippen molar-refractivity contribution in [2.45, 2.75) is 19.1 Å². The van der Waals surface area contributed by atoms with E-state index >= 15 is 0 Å². The molecule has 0 unspecified atom stereocenters. The molecule has 0 radical (unpaired) electrons. The van der Waals surface area contributed by atoms with Gasteiger partial charge in [0.1, 0.15) is 6.54 Å². The Morgan fingerprint density at radius 1 is 1.00 bits per heavy atom. The number of hydrogen-bond donors (Lipinski definition) is 2. The molecule has 1 atom stereocenters. The highest BCUT2D eigenvalue weighted by Gasteiger charge is 2.30. The van der Waals surface area contributed by atoms with Crippen LogP contribution in [0.1, 0.15) is 34.5 Å². The van der Waals surface area contributed by atoms with Gasteiger partial charge in [0.15, 0.2) is 6.61 Å². The number of esters is 1. The highest BCUT2D eigenvalue weighted by molar-refractivity contribution is 5.96. The molecule has 2 amide bonds. The van der Waals surface area contributed by atoms with Gasteiger partial charge in [0.05, 0.1) is 11.6 Å². The Bertz CT molecular complexity index is 852. The second kappa shape index (κ2) is 9.72. The lowest BCUT2D eigenvalue weighted by Crippen LogP contribution is -2.34. The second-order valence-electron chi connectivity index (χ2n) is 6.12. The molecule has 6 nitrogen and oxygen atoms in total. The van der Waals surface area contributed by atoms with Gasteiger partial charge >= 0.3 is 12.1 Å². The summed E-state index contributed by atoms with van der Waals surface area (Å²) in [5, 5.41) is 4.89. The van der Waals surface area contributed by atoms with Gasteiger partial charge in [-0.1, -0.05) is 30.3 Å². The molecule has 0 aliphatic carbocycles. The molecular formula is C20H19F3N2O4. The van der Waals surface area contributed by atoms with Crippen molar-refractivity contribution in [2.24, 2.45) is 0 Å². The van der Waals surface area contributed by atoms with Crippen molar-refractivity contribution in [3.05, 3.63) is 71.3 Å². The fourth-order valence-corrected chi connectivity index (χ4v) is 2.37. The predicted octanol–water partition coefficient (Wildman–Crippen LogP) is 2.86. The van der Waals surface area contributed by atoms with E-state index in [-0.39, 0.29) is 11.6 Å². The molecule has 9 heteroatoms. The van der Waals surface area contributed by atoms with Crippen LogP contribution in [-0.4, -0.2) is 30.9 Å². The molecule has 0 spiro atoms. The molecule has 2 rings (SSSR count). The minimum atomic E-state index is -4.50. The van der Waals surface area contributed by atoms with E-state index in [2.05, 4.69) is 10.6 Å². The summed E-state index contributed by atoms with van der Waals surface area (Å²) >= 11 is 0. The maximum atomic E-state index is 12.5. The smallest absolute Gasteiger partial charge is 0.416 e. The van der Waals surface area contributed by atoms with Crippen molar-refractivity contribution < 1.29 is 32.3 Å². The van der Waals surface area contributed by atoms with E-state index in [0.717, 1.165) is 29.8 Å². The maximum Gasteiger partial charge on any atom is 0.416 e. The fraction of sp³-hybridized carbons (Fsp3) is 0.250. The van der Waals surface area contributed by atoms with Crippen LogP contribution in [0.25, 0.3) is 0 Å². The first-order valence-corrected chi connectivity index (χ1v) is 8.62. The quantitative estimate of drug-likeness (QED) is 0.690. The van der Waals surface area contributed by atoms with Gasteiger partial charge in [-0.25, -0.2) is 0 Å². The third-order valence-electron chi connectivity index (χ3n) is 3.91. The van der Waals surface area contributed by atoms with E-state index in [1.807, 2.05) is 30.3 Å². The van der Waals surface area contributed by atoms with Crippen LogP contribution in [0, 0.1) is 0 Å². The second-order valence-corrected chi connectivity index (χ2v) is 6.12. The Hall–Kier alpha value is -3.36. The molecule has 0 heterocycles. The van der Waals surface area contributed by atoms with Crippen molar-refractivity contribution in [3.8, 4) is 0 Å². The van der Waals surface area contributed by atoms with Gasteiger partial charge in [0, 0.05) is 5.56 Å². The maximum absolute atomic E-state index is 12.5. The summed E-state index contributed by atoms with van der Waals surface area (Å²) in [5.74, 6) is -2.10. The molecule has 154 valence electrons. The average molecular weight is 408 g/mol. The Morgan fingerprint density at radius 3 is 2.21 bits per heavy atom. The molecule has 0 aliphatic heterocycles. The first-order chi connectivity index (χ1) is 13.7. The Labute approximate surface area is 165 Å². The van der Waals surface area contributed by atoms with Crippen LogP contribution in [0.3, 0.4) is 0 Å². The molecule has 0 saturated carbocycles. The van der Waals surface area contributed by atoms with Crippen LogP contribution in [0.2, 0.25) is 0 Å². The molecule has 0 fully saturated rings. The van der Waals surface area contributed by atoms with E-state index in [1.165, 1.54) is 0 Å². The number of alkyl halides is 3. The van der Waals surface area contributed by atoms with Gasteiger partial charge in [-0.05, 0) is 36.8 Å². The Morgan fingerprint density at radius 2 is 1.62 bits per heavy atom. The first kappa shape index (κ1) is 21.9. The number of carbonyl (C=O) groups is 3. The number of benzene rings is 2. The molecular weight excluding hydrogens is 389 g/mol. The molecule has 2 aromatic rings. The zero-order valence-corrected chi connectivity index (χ0v) is 15.5. The van der Waals surface area contributed by atoms with E-state index in [4.69, 9.17) is 4.74 Å². The van der Waals surface area contributed by atoms with E-state index in [0.29, 0.717) is 0 Å². The zero-order chi connectivity index (χ0) is 21.4. The number of hydrogen-bond acceptors (Lipinski definition) is 4. The number of carbonyl (C=O) groups excluding carboxylic acids is 3. The summed E-state index contributed by atoms with van der Waals surface area (Å²) in [6.45, 7) is 0.729. The van der Waals surface area contributed by atoms with Crippen molar-refractivity contribution >= 4 is 17.8 Å². The summed E-state index contributed by atoms with van der Waals surface area (Å²) in [6.07, 6.45) is -4.50. The SMILES string of the molecule is C[C@H](NC(=O)COC(=O)CNC(=O)c1ccc(C(F)(F)F)cc1)c1ccccc1. The van der Waals surface area contributed by atoms with Crippen molar-refractivity contribution in [3.63, 3.8) is 0 Å². The van der Waals surface area contributed by atoms with Crippen molar-refractivity contribution in [1.29, 1.82) is 0 Å². The van der Waals surface area contributed by atoms with E-state index < -0.39 is 42.7 Å². The standard InChI is InChI=1S/C20H19F3N2O4/c1-13(14-5-3-2-4-6-14)25-17(26)12-29-18(27)11-24-19(28)15-7-9-16(10-8-15)20(21,22)23/h2-10,13H,11-12H2,1H3,(H,24,28)(H,25,26)/t13-/m0/s1. The number of nitrogens with one attached hydrogen (secondary N) is 2. The van der Waals surface area contributed by atoms with Crippen LogP contribution >= 0.6 is 0 Å². The van der Waals surface area contributed by atoms with Gasteiger partial charge in [0.25, 0.3) is 11.8 Å². The molecule has 0 saturated heterocycles. The summed E-state index contributed by atoms with van der Waals surface area (Å²) in [4.78, 5) is 35.4. The van der Waals surface area contributed by atoms with E-state index in [1.54, 1.807) is 6.92 Å². The Balaban J connectivity index is 1.73. The molecule has 0 aromatic heterocycles. The van der Waals surface area contributed by atoms with Gasteiger partial charge < -0.3 is 15.4 Å². The summed E-state index contributed by atoms with van der Waals surface area (Å²) < 4.78 is 42.3. The average Bonchev–Trinajstić information content (AvgIpc) is 2.70. The molecule has 29 heavy (non-hydrogen) atoms. The van der Waals surface area contributed by atoms with Gasteiger partial charge in [0.2, 0.25) is 0 Å². The zero-order valence-electron chi connectivity index (χ0n) is 15.5. The minimum absolute atomic E-state index is 0.0415. The minimum Gasteiger partial charge on any atom is -0.454 e. The number of ether oxygens (including phenoxy) is 1. The number of rotatable bonds is 7. The third kappa shape index (κ3) is 6.95. The predicted molar refractivity (Wildman–Crippen MR) is 97.7 cm³/mol. The van der Waals surface area contributed by atoms with Crippen LogP contribution in [0.15, 0.2) is 54.6 Å². The lowest BCUT2D eigenvalue weighted by atomic mass is 10.1. The van der Waals surface area contributed by atoms with Crippen LogP contribution in [0.4, 0.5) is 13.2 Å². The largest absolute Gasteiger partial charge is 0.454 e. The Kier molecular flexibility index (Phi) is 7.35. The van der Waals surface area contributed by atoms with Crippen molar-refractivity contribution in [1.82, 2.24) is 10.6 Å².